The van der Waals surface area contributed by atoms with Crippen LogP contribution in [-0.2, 0) is 14.2 Å². The van der Waals surface area contributed by atoms with Gasteiger partial charge in [0.25, 0.3) is 0 Å². The van der Waals surface area contributed by atoms with Gasteiger partial charge in [0.2, 0.25) is 0 Å². The van der Waals surface area contributed by atoms with Crippen LogP contribution in [0.15, 0.2) is 0 Å². The second kappa shape index (κ2) is 8.93. The summed E-state index contributed by atoms with van der Waals surface area (Å²) < 4.78 is 14.7. The van der Waals surface area contributed by atoms with E-state index >= 15 is 0 Å². The lowest BCUT2D eigenvalue weighted by atomic mass is 10.3. The van der Waals surface area contributed by atoms with Gasteiger partial charge in [-0.2, -0.15) is 0 Å². The summed E-state index contributed by atoms with van der Waals surface area (Å²) in [6.07, 6.45) is 0.190. The summed E-state index contributed by atoms with van der Waals surface area (Å²) in [4.78, 5) is 0. The van der Waals surface area contributed by atoms with Crippen molar-refractivity contribution in [3.8, 4) is 0 Å². The lowest BCUT2D eigenvalue weighted by Crippen LogP contribution is -2.17. The molecule has 0 fully saturated rings. The van der Waals surface area contributed by atoms with Crippen LogP contribution in [-0.4, -0.2) is 51.9 Å². The number of hydrogen-bond acceptors (Lipinski definition) is 4. The Hall–Kier alpha value is -0.160. The molecule has 0 bridgehead atoms. The molecule has 0 aromatic heterocycles. The van der Waals surface area contributed by atoms with E-state index in [1.165, 1.54) is 0 Å². The highest BCUT2D eigenvalue weighted by Crippen LogP contribution is 1.92. The Balaban J connectivity index is 2.97. The third-order valence-electron chi connectivity index (χ3n) is 1.39. The fraction of sp³-hybridized carbons (Fsp3) is 1.00. The van der Waals surface area contributed by atoms with Crippen LogP contribution in [0.2, 0.25) is 0 Å². The second-order valence-corrected chi connectivity index (χ2v) is 2.50. The first kappa shape index (κ1) is 11.8. The van der Waals surface area contributed by atoms with Crippen molar-refractivity contribution >= 4 is 0 Å². The maximum Gasteiger partial charge on any atom is 0.0795 e. The highest BCUT2D eigenvalue weighted by molar-refractivity contribution is 4.51. The van der Waals surface area contributed by atoms with E-state index in [0.717, 1.165) is 0 Å². The van der Waals surface area contributed by atoms with Crippen molar-refractivity contribution in [3.05, 3.63) is 0 Å². The van der Waals surface area contributed by atoms with Crippen LogP contribution in [0.25, 0.3) is 0 Å². The molecule has 0 aliphatic rings. The average Bonchev–Trinajstić information content (AvgIpc) is 2.05. The summed E-state index contributed by atoms with van der Waals surface area (Å²) in [6, 6.07) is 0. The van der Waals surface area contributed by atoms with Gasteiger partial charge >= 0.3 is 0 Å². The van der Waals surface area contributed by atoms with Crippen molar-refractivity contribution in [2.75, 3.05) is 40.6 Å². The largest absolute Gasteiger partial charge is 0.391 e. The number of rotatable bonds is 8. The van der Waals surface area contributed by atoms with Crippen LogP contribution in [0.3, 0.4) is 0 Å². The molecular formula is C8H18O4. The summed E-state index contributed by atoms with van der Waals surface area (Å²) in [5, 5.41) is 9.17. The zero-order valence-corrected chi connectivity index (χ0v) is 7.78. The van der Waals surface area contributed by atoms with E-state index in [9.17, 15) is 0 Å². The van der Waals surface area contributed by atoms with Gasteiger partial charge in [-0.25, -0.2) is 0 Å². The van der Waals surface area contributed by atoms with Gasteiger partial charge in [-0.15, -0.1) is 0 Å². The number of methoxy groups -OCH3 is 2. The minimum atomic E-state index is -0.419. The third kappa shape index (κ3) is 7.94. The monoisotopic (exact) mass is 178 g/mol. The fourth-order valence-corrected chi connectivity index (χ4v) is 0.739. The standard InChI is InChI=1S/C8H18O4/c1-10-5-6-12-4-3-8(9)7-11-2/h8-9H,3-7H2,1-2H3. The molecule has 0 radical (unpaired) electrons. The summed E-state index contributed by atoms with van der Waals surface area (Å²) in [7, 11) is 3.19. The smallest absolute Gasteiger partial charge is 0.0795 e. The number of aliphatic hydroxyl groups is 1. The molecule has 12 heavy (non-hydrogen) atoms. The predicted octanol–water partition coefficient (Wildman–Crippen LogP) is 0.0468. The zero-order valence-electron chi connectivity index (χ0n) is 7.78. The molecule has 1 unspecified atom stereocenters. The summed E-state index contributed by atoms with van der Waals surface area (Å²) in [5.41, 5.74) is 0. The second-order valence-electron chi connectivity index (χ2n) is 2.50. The minimum absolute atomic E-state index is 0.369. The van der Waals surface area contributed by atoms with Gasteiger partial charge in [0.15, 0.2) is 0 Å². The molecule has 0 rings (SSSR count). The normalized spacial score (nSPS) is 13.2. The third-order valence-corrected chi connectivity index (χ3v) is 1.39. The molecule has 0 aliphatic carbocycles. The van der Waals surface area contributed by atoms with E-state index in [0.29, 0.717) is 32.8 Å². The molecule has 0 heterocycles. The molecule has 0 amide bonds. The Kier molecular flexibility index (Phi) is 8.81. The van der Waals surface area contributed by atoms with E-state index < -0.39 is 6.10 Å². The summed E-state index contributed by atoms with van der Waals surface area (Å²) in [5.74, 6) is 0. The highest BCUT2D eigenvalue weighted by Gasteiger charge is 2.01. The first-order valence-corrected chi connectivity index (χ1v) is 4.05. The van der Waals surface area contributed by atoms with E-state index in [-0.39, 0.29) is 0 Å². The molecule has 0 saturated carbocycles. The molecule has 0 saturated heterocycles. The molecule has 0 aromatic carbocycles. The van der Waals surface area contributed by atoms with Gasteiger partial charge in [0.05, 0.1) is 25.9 Å². The molecule has 0 spiro atoms. The van der Waals surface area contributed by atoms with E-state index in [1.807, 2.05) is 0 Å². The SMILES string of the molecule is COCCOCCC(O)COC. The Bertz CT molecular complexity index is 87.1. The molecule has 74 valence electrons. The van der Waals surface area contributed by atoms with Gasteiger partial charge in [0.1, 0.15) is 0 Å². The van der Waals surface area contributed by atoms with Crippen molar-refractivity contribution < 1.29 is 19.3 Å². The van der Waals surface area contributed by atoms with E-state index in [4.69, 9.17) is 19.3 Å². The maximum absolute atomic E-state index is 9.17. The van der Waals surface area contributed by atoms with Crippen LogP contribution in [0, 0.1) is 0 Å². The topological polar surface area (TPSA) is 47.9 Å². The Morgan fingerprint density at radius 1 is 1.08 bits per heavy atom. The highest BCUT2D eigenvalue weighted by atomic mass is 16.5. The lowest BCUT2D eigenvalue weighted by molar-refractivity contribution is 0.0199. The van der Waals surface area contributed by atoms with E-state index in [2.05, 4.69) is 0 Å². The number of ether oxygens (including phenoxy) is 3. The molecule has 1 N–H and O–H groups in total. The van der Waals surface area contributed by atoms with Crippen LogP contribution in [0.5, 0.6) is 0 Å². The van der Waals surface area contributed by atoms with Crippen molar-refractivity contribution in [1.29, 1.82) is 0 Å². The summed E-state index contributed by atoms with van der Waals surface area (Å²) >= 11 is 0. The molecule has 4 heteroatoms. The molecule has 1 atom stereocenters. The van der Waals surface area contributed by atoms with Crippen LogP contribution >= 0.6 is 0 Å². The van der Waals surface area contributed by atoms with E-state index in [1.54, 1.807) is 14.2 Å². The van der Waals surface area contributed by atoms with Crippen molar-refractivity contribution in [2.24, 2.45) is 0 Å². The molecule has 0 aromatic rings. The van der Waals surface area contributed by atoms with Crippen LogP contribution < -0.4 is 0 Å². The zero-order chi connectivity index (χ0) is 9.23. The minimum Gasteiger partial charge on any atom is -0.391 e. The van der Waals surface area contributed by atoms with Gasteiger partial charge in [-0.1, -0.05) is 0 Å². The van der Waals surface area contributed by atoms with Gasteiger partial charge < -0.3 is 19.3 Å². The fourth-order valence-electron chi connectivity index (χ4n) is 0.739. The van der Waals surface area contributed by atoms with Crippen LogP contribution in [0.1, 0.15) is 6.42 Å². The van der Waals surface area contributed by atoms with Crippen molar-refractivity contribution in [1.82, 2.24) is 0 Å². The summed E-state index contributed by atoms with van der Waals surface area (Å²) in [6.45, 7) is 2.10. The predicted molar refractivity (Wildman–Crippen MR) is 45.2 cm³/mol. The van der Waals surface area contributed by atoms with Crippen molar-refractivity contribution in [3.63, 3.8) is 0 Å². The Morgan fingerprint density at radius 2 is 1.83 bits per heavy atom. The first-order valence-electron chi connectivity index (χ1n) is 4.05. The maximum atomic E-state index is 9.17. The van der Waals surface area contributed by atoms with Crippen molar-refractivity contribution in [2.45, 2.75) is 12.5 Å². The Morgan fingerprint density at radius 3 is 2.42 bits per heavy atom. The molecule has 4 nitrogen and oxygen atoms in total. The molecular weight excluding hydrogens is 160 g/mol. The number of hydrogen-bond donors (Lipinski definition) is 1. The Labute approximate surface area is 73.4 Å². The van der Waals surface area contributed by atoms with Gasteiger partial charge in [0, 0.05) is 20.8 Å². The lowest BCUT2D eigenvalue weighted by Gasteiger charge is -2.08. The molecule has 0 aliphatic heterocycles. The average molecular weight is 178 g/mol. The quantitative estimate of drug-likeness (QED) is 0.533. The van der Waals surface area contributed by atoms with Gasteiger partial charge in [-0.3, -0.25) is 0 Å². The number of aliphatic hydroxyl groups excluding tert-OH is 1. The first-order chi connectivity index (χ1) is 5.81. The van der Waals surface area contributed by atoms with Gasteiger partial charge in [-0.05, 0) is 6.42 Å². The van der Waals surface area contributed by atoms with Crippen LogP contribution in [0.4, 0.5) is 0 Å².